The minimum atomic E-state index is -0.233. The number of rotatable bonds is 10. The maximum atomic E-state index is 12.8. The van der Waals surface area contributed by atoms with Gasteiger partial charge in [-0.3, -0.25) is 9.59 Å². The molecule has 6 rings (SSSR count). The van der Waals surface area contributed by atoms with Gasteiger partial charge >= 0.3 is 0 Å². The van der Waals surface area contributed by atoms with Gasteiger partial charge in [-0.2, -0.15) is 0 Å². The number of fused-ring (bicyclic) bond motifs is 1. The molecule has 42 heavy (non-hydrogen) atoms. The van der Waals surface area contributed by atoms with Crippen molar-refractivity contribution in [3.8, 4) is 22.8 Å². The van der Waals surface area contributed by atoms with E-state index in [1.165, 1.54) is 0 Å². The van der Waals surface area contributed by atoms with Crippen LogP contribution in [0.3, 0.4) is 0 Å². The molecule has 1 saturated carbocycles. The van der Waals surface area contributed by atoms with Crippen molar-refractivity contribution >= 4 is 28.3 Å². The number of aromatic amines is 1. The van der Waals surface area contributed by atoms with Crippen LogP contribution in [-0.4, -0.2) is 35.1 Å². The van der Waals surface area contributed by atoms with Crippen LogP contribution >= 0.6 is 0 Å². The van der Waals surface area contributed by atoms with E-state index in [9.17, 15) is 9.59 Å². The van der Waals surface area contributed by atoms with Gasteiger partial charge in [0.1, 0.15) is 23.1 Å². The molecule has 2 N–H and O–H groups in total. The molecule has 0 radical (unpaired) electrons. The molecule has 1 amide bonds. The van der Waals surface area contributed by atoms with Gasteiger partial charge in [0.2, 0.25) is 5.91 Å². The molecule has 0 spiro atoms. The molecule has 0 saturated heterocycles. The second-order valence-electron chi connectivity index (χ2n) is 10.4. The molecule has 9 heteroatoms. The predicted octanol–water partition coefficient (Wildman–Crippen LogP) is 5.56. The lowest BCUT2D eigenvalue weighted by Gasteiger charge is -2.26. The highest BCUT2D eigenvalue weighted by Gasteiger charge is 2.30. The fraction of sp³-hybridized carbons (Fsp3) is 0.212. The van der Waals surface area contributed by atoms with E-state index >= 15 is 0 Å². The summed E-state index contributed by atoms with van der Waals surface area (Å²) < 4.78 is 10.7. The molecule has 0 atom stereocenters. The number of nitrogens with one attached hydrogen (secondary N) is 2. The van der Waals surface area contributed by atoms with E-state index in [2.05, 4.69) is 20.2 Å². The van der Waals surface area contributed by atoms with E-state index in [1.54, 1.807) is 38.7 Å². The van der Waals surface area contributed by atoms with Crippen LogP contribution in [-0.2, 0) is 17.9 Å². The lowest BCUT2D eigenvalue weighted by molar-refractivity contribution is -0.117. The number of hydrogen-bond acceptors (Lipinski definition) is 7. The van der Waals surface area contributed by atoms with Gasteiger partial charge in [-0.15, -0.1) is 0 Å². The monoisotopic (exact) mass is 561 g/mol. The van der Waals surface area contributed by atoms with Gasteiger partial charge in [-0.1, -0.05) is 24.3 Å². The Bertz CT molecular complexity index is 1730. The van der Waals surface area contributed by atoms with Crippen molar-refractivity contribution in [3.63, 3.8) is 0 Å². The molecule has 2 aromatic carbocycles. The molecule has 0 bridgehead atoms. The first-order valence-corrected chi connectivity index (χ1v) is 13.8. The molecule has 3 aromatic heterocycles. The number of amides is 1. The minimum Gasteiger partial charge on any atom is -0.497 e. The molecule has 3 heterocycles. The fourth-order valence-corrected chi connectivity index (χ4v) is 4.88. The van der Waals surface area contributed by atoms with Gasteiger partial charge in [0.15, 0.2) is 0 Å². The van der Waals surface area contributed by atoms with Crippen molar-refractivity contribution in [2.75, 3.05) is 24.4 Å². The van der Waals surface area contributed by atoms with Gasteiger partial charge in [0.25, 0.3) is 5.56 Å². The van der Waals surface area contributed by atoms with Crippen LogP contribution in [0.25, 0.3) is 22.0 Å². The maximum Gasteiger partial charge on any atom is 0.257 e. The van der Waals surface area contributed by atoms with E-state index < -0.39 is 0 Å². The number of methoxy groups -OCH3 is 2. The lowest BCUT2D eigenvalue weighted by atomic mass is 10.1. The second-order valence-corrected chi connectivity index (χ2v) is 10.4. The van der Waals surface area contributed by atoms with Crippen LogP contribution in [0.1, 0.15) is 24.0 Å². The van der Waals surface area contributed by atoms with Crippen molar-refractivity contribution in [2.24, 2.45) is 5.92 Å². The van der Waals surface area contributed by atoms with E-state index in [1.807, 2.05) is 60.7 Å². The van der Waals surface area contributed by atoms with E-state index in [0.29, 0.717) is 36.0 Å². The van der Waals surface area contributed by atoms with E-state index in [4.69, 9.17) is 14.5 Å². The third-order valence-electron chi connectivity index (χ3n) is 7.35. The van der Waals surface area contributed by atoms with Crippen LogP contribution in [0.5, 0.6) is 11.5 Å². The Hall–Kier alpha value is -5.18. The normalized spacial score (nSPS) is 12.6. The maximum absolute atomic E-state index is 12.8. The number of ether oxygens (including phenoxy) is 2. The third kappa shape index (κ3) is 5.95. The van der Waals surface area contributed by atoms with Crippen molar-refractivity contribution in [2.45, 2.75) is 25.9 Å². The first kappa shape index (κ1) is 27.0. The highest BCUT2D eigenvalue weighted by Crippen LogP contribution is 2.34. The predicted molar refractivity (Wildman–Crippen MR) is 163 cm³/mol. The van der Waals surface area contributed by atoms with Crippen molar-refractivity contribution in [1.29, 1.82) is 0 Å². The van der Waals surface area contributed by atoms with Crippen molar-refractivity contribution in [3.05, 3.63) is 107 Å². The van der Waals surface area contributed by atoms with Crippen molar-refractivity contribution in [1.82, 2.24) is 15.0 Å². The molecule has 1 aliphatic carbocycles. The Morgan fingerprint density at radius 1 is 0.952 bits per heavy atom. The van der Waals surface area contributed by atoms with Gasteiger partial charge in [-0.25, -0.2) is 9.97 Å². The van der Waals surface area contributed by atoms with Gasteiger partial charge in [0, 0.05) is 36.8 Å². The molecule has 9 nitrogen and oxygen atoms in total. The Kier molecular flexibility index (Phi) is 7.55. The minimum absolute atomic E-state index is 0.0171. The average molecular weight is 562 g/mol. The number of H-pyrrole nitrogens is 1. The summed E-state index contributed by atoms with van der Waals surface area (Å²) in [6.07, 6.45) is 5.15. The second kappa shape index (κ2) is 11.7. The fourth-order valence-electron chi connectivity index (χ4n) is 4.88. The summed E-state index contributed by atoms with van der Waals surface area (Å²) in [5.41, 5.74) is 2.87. The summed E-state index contributed by atoms with van der Waals surface area (Å²) in [7, 11) is 3.29. The molecule has 0 aliphatic heterocycles. The highest BCUT2D eigenvalue weighted by atomic mass is 16.5. The zero-order valence-corrected chi connectivity index (χ0v) is 23.5. The molecule has 0 unspecified atom stereocenters. The Balaban J connectivity index is 1.48. The number of pyridine rings is 3. The largest absolute Gasteiger partial charge is 0.497 e. The van der Waals surface area contributed by atoms with Crippen LogP contribution < -0.4 is 25.2 Å². The van der Waals surface area contributed by atoms with Crippen LogP contribution in [0.4, 0.5) is 11.6 Å². The number of benzene rings is 2. The molecule has 212 valence electrons. The zero-order valence-electron chi connectivity index (χ0n) is 23.5. The van der Waals surface area contributed by atoms with Gasteiger partial charge in [-0.05, 0) is 77.9 Å². The lowest BCUT2D eigenvalue weighted by Crippen LogP contribution is -2.24. The number of nitrogens with zero attached hydrogens (tertiary/aromatic N) is 3. The average Bonchev–Trinajstić information content (AvgIpc) is 3.87. The molecule has 5 aromatic rings. The number of hydrogen-bond donors (Lipinski definition) is 2. The van der Waals surface area contributed by atoms with Crippen LogP contribution in [0.15, 0.2) is 90.0 Å². The Morgan fingerprint density at radius 3 is 2.17 bits per heavy atom. The first-order chi connectivity index (χ1) is 20.5. The SMILES string of the molecule is COc1ccc(CN(Cc2ccc(OC)cc2)c2nc(-c3ccc[nH]c3=O)cc3cc(NC(=O)C4CC4)ncc23)cc1. The number of anilines is 2. The van der Waals surface area contributed by atoms with Crippen molar-refractivity contribution < 1.29 is 14.3 Å². The summed E-state index contributed by atoms with van der Waals surface area (Å²) in [5.74, 6) is 2.74. The van der Waals surface area contributed by atoms with E-state index in [-0.39, 0.29) is 17.4 Å². The molecular weight excluding hydrogens is 530 g/mol. The summed E-state index contributed by atoms with van der Waals surface area (Å²) >= 11 is 0. The third-order valence-corrected chi connectivity index (χ3v) is 7.35. The first-order valence-electron chi connectivity index (χ1n) is 13.8. The topological polar surface area (TPSA) is 109 Å². The molecular formula is C33H31N5O4. The van der Waals surface area contributed by atoms with Gasteiger partial charge in [0.05, 0.1) is 25.5 Å². The smallest absolute Gasteiger partial charge is 0.257 e. The van der Waals surface area contributed by atoms with Crippen LogP contribution in [0, 0.1) is 5.92 Å². The Labute approximate surface area is 243 Å². The quantitative estimate of drug-likeness (QED) is 0.230. The Morgan fingerprint density at radius 2 is 1.60 bits per heavy atom. The zero-order chi connectivity index (χ0) is 29.1. The number of aromatic nitrogens is 3. The van der Waals surface area contributed by atoms with Gasteiger partial charge < -0.3 is 24.7 Å². The standard InChI is InChI=1S/C33H31N5O4/c1-41-25-11-5-21(6-12-25)19-38(20-22-7-13-26(42-2)14-8-22)31-28-18-35-30(37-32(39)23-9-10-23)17-24(28)16-29(36-31)27-4-3-15-34-33(27)40/h3-8,11-18,23H,9-10,19-20H2,1-2H3,(H,34,40)(H,35,37,39). The van der Waals surface area contributed by atoms with Crippen LogP contribution in [0.2, 0.25) is 0 Å². The summed E-state index contributed by atoms with van der Waals surface area (Å²) in [6.45, 7) is 1.07. The highest BCUT2D eigenvalue weighted by molar-refractivity contribution is 5.99. The number of carbonyl (C=O) groups is 1. The summed E-state index contributed by atoms with van der Waals surface area (Å²) in [4.78, 5) is 39.9. The number of carbonyl (C=O) groups excluding carboxylic acids is 1. The summed E-state index contributed by atoms with van der Waals surface area (Å²) in [6, 6.07) is 23.1. The van der Waals surface area contributed by atoms with E-state index in [0.717, 1.165) is 46.2 Å². The summed E-state index contributed by atoms with van der Waals surface area (Å²) in [5, 5.41) is 4.56. The molecule has 1 aliphatic rings. The molecule has 1 fully saturated rings.